The highest BCUT2D eigenvalue weighted by Crippen LogP contribution is 2.42. The number of carbonyl (C=O) groups is 1. The summed E-state index contributed by atoms with van der Waals surface area (Å²) >= 11 is 0. The van der Waals surface area contributed by atoms with Crippen molar-refractivity contribution in [1.82, 2.24) is 4.90 Å². The van der Waals surface area contributed by atoms with Gasteiger partial charge in [0.25, 0.3) is 0 Å². The van der Waals surface area contributed by atoms with E-state index in [1.165, 1.54) is 19.3 Å². The summed E-state index contributed by atoms with van der Waals surface area (Å²) in [6.07, 6.45) is 4.67. The molecule has 0 amide bonds. The molecule has 1 N–H and O–H groups in total. The molecule has 0 spiro atoms. The SMILES string of the molecule is CC1(C)CCCC1N1CCC(C(=O)O)C1. The summed E-state index contributed by atoms with van der Waals surface area (Å²) in [5.74, 6) is -0.741. The van der Waals surface area contributed by atoms with Gasteiger partial charge >= 0.3 is 5.97 Å². The van der Waals surface area contributed by atoms with E-state index in [2.05, 4.69) is 18.7 Å². The van der Waals surface area contributed by atoms with E-state index in [1.807, 2.05) is 0 Å². The number of nitrogens with zero attached hydrogens (tertiary/aromatic N) is 1. The zero-order valence-corrected chi connectivity index (χ0v) is 9.70. The topological polar surface area (TPSA) is 40.5 Å². The average molecular weight is 211 g/mol. The number of hydrogen-bond acceptors (Lipinski definition) is 2. The third-order valence-electron chi connectivity index (χ3n) is 4.21. The van der Waals surface area contributed by atoms with Crippen molar-refractivity contribution in [2.24, 2.45) is 11.3 Å². The van der Waals surface area contributed by atoms with Crippen LogP contribution >= 0.6 is 0 Å². The van der Waals surface area contributed by atoms with E-state index in [0.29, 0.717) is 11.5 Å². The third kappa shape index (κ3) is 2.03. The van der Waals surface area contributed by atoms with Crippen molar-refractivity contribution < 1.29 is 9.90 Å². The van der Waals surface area contributed by atoms with Crippen LogP contribution in [-0.2, 0) is 4.79 Å². The van der Waals surface area contributed by atoms with Crippen LogP contribution in [0.15, 0.2) is 0 Å². The molecule has 0 aromatic rings. The average Bonchev–Trinajstić information content (AvgIpc) is 2.69. The van der Waals surface area contributed by atoms with Crippen molar-refractivity contribution >= 4 is 5.97 Å². The third-order valence-corrected chi connectivity index (χ3v) is 4.21. The molecular formula is C12H21NO2. The molecule has 0 radical (unpaired) electrons. The Bertz CT molecular complexity index is 262. The monoisotopic (exact) mass is 211 g/mol. The van der Waals surface area contributed by atoms with Crippen LogP contribution in [0.4, 0.5) is 0 Å². The normalized spacial score (nSPS) is 35.9. The van der Waals surface area contributed by atoms with Crippen LogP contribution in [-0.4, -0.2) is 35.1 Å². The van der Waals surface area contributed by atoms with E-state index in [1.54, 1.807) is 0 Å². The highest BCUT2D eigenvalue weighted by molar-refractivity contribution is 5.70. The Morgan fingerprint density at radius 2 is 2.13 bits per heavy atom. The Labute approximate surface area is 91.5 Å². The van der Waals surface area contributed by atoms with Crippen molar-refractivity contribution in [3.63, 3.8) is 0 Å². The van der Waals surface area contributed by atoms with Gasteiger partial charge in [-0.15, -0.1) is 0 Å². The van der Waals surface area contributed by atoms with Gasteiger partial charge in [0.2, 0.25) is 0 Å². The maximum Gasteiger partial charge on any atom is 0.307 e. The highest BCUT2D eigenvalue weighted by Gasteiger charge is 2.41. The van der Waals surface area contributed by atoms with E-state index in [4.69, 9.17) is 5.11 Å². The molecule has 2 atom stereocenters. The second kappa shape index (κ2) is 3.78. The fourth-order valence-electron chi connectivity index (χ4n) is 3.26. The van der Waals surface area contributed by atoms with Crippen molar-refractivity contribution in [1.29, 1.82) is 0 Å². The molecule has 1 heterocycles. The molecule has 2 rings (SSSR count). The van der Waals surface area contributed by atoms with E-state index >= 15 is 0 Å². The summed E-state index contributed by atoms with van der Waals surface area (Å²) in [7, 11) is 0. The minimum absolute atomic E-state index is 0.124. The Morgan fingerprint density at radius 1 is 1.40 bits per heavy atom. The fourth-order valence-corrected chi connectivity index (χ4v) is 3.26. The lowest BCUT2D eigenvalue weighted by Gasteiger charge is -2.34. The summed E-state index contributed by atoms with van der Waals surface area (Å²) in [4.78, 5) is 13.3. The first-order valence-corrected chi connectivity index (χ1v) is 5.97. The largest absolute Gasteiger partial charge is 0.481 e. The Kier molecular flexibility index (Phi) is 2.75. The number of rotatable bonds is 2. The molecule has 2 fully saturated rings. The van der Waals surface area contributed by atoms with Crippen LogP contribution in [0.3, 0.4) is 0 Å². The first-order valence-electron chi connectivity index (χ1n) is 5.97. The first-order chi connectivity index (χ1) is 7.00. The maximum atomic E-state index is 10.9. The van der Waals surface area contributed by atoms with Crippen LogP contribution in [0.2, 0.25) is 0 Å². The fraction of sp³-hybridized carbons (Fsp3) is 0.917. The van der Waals surface area contributed by atoms with Crippen LogP contribution in [0.5, 0.6) is 0 Å². The lowest BCUT2D eigenvalue weighted by Crippen LogP contribution is -2.40. The van der Waals surface area contributed by atoms with Crippen LogP contribution in [0, 0.1) is 11.3 Å². The molecule has 3 nitrogen and oxygen atoms in total. The summed E-state index contributed by atoms with van der Waals surface area (Å²) in [5, 5.41) is 8.98. The summed E-state index contributed by atoms with van der Waals surface area (Å²) in [6, 6.07) is 0.613. The maximum absolute atomic E-state index is 10.9. The Morgan fingerprint density at radius 3 is 2.60 bits per heavy atom. The van der Waals surface area contributed by atoms with Crippen LogP contribution in [0.25, 0.3) is 0 Å². The number of carboxylic acids is 1. The molecule has 2 unspecified atom stereocenters. The highest BCUT2D eigenvalue weighted by atomic mass is 16.4. The predicted molar refractivity (Wildman–Crippen MR) is 58.7 cm³/mol. The smallest absolute Gasteiger partial charge is 0.307 e. The van der Waals surface area contributed by atoms with E-state index in [9.17, 15) is 4.79 Å². The molecule has 3 heteroatoms. The molecule has 2 aliphatic rings. The Balaban J connectivity index is 1.99. The number of aliphatic carboxylic acids is 1. The zero-order valence-electron chi connectivity index (χ0n) is 9.70. The second-order valence-electron chi connectivity index (χ2n) is 5.72. The van der Waals surface area contributed by atoms with Gasteiger partial charge in [-0.3, -0.25) is 9.69 Å². The molecular weight excluding hydrogens is 190 g/mol. The van der Waals surface area contributed by atoms with Crippen molar-refractivity contribution in [2.75, 3.05) is 13.1 Å². The van der Waals surface area contributed by atoms with Gasteiger partial charge < -0.3 is 5.11 Å². The van der Waals surface area contributed by atoms with Gasteiger partial charge in [0.05, 0.1) is 5.92 Å². The molecule has 0 bridgehead atoms. The van der Waals surface area contributed by atoms with Gasteiger partial charge in [0.15, 0.2) is 0 Å². The van der Waals surface area contributed by atoms with E-state index in [0.717, 1.165) is 19.5 Å². The van der Waals surface area contributed by atoms with Gasteiger partial charge in [0, 0.05) is 12.6 Å². The van der Waals surface area contributed by atoms with Gasteiger partial charge in [-0.2, -0.15) is 0 Å². The lowest BCUT2D eigenvalue weighted by molar-refractivity contribution is -0.141. The second-order valence-corrected chi connectivity index (χ2v) is 5.72. The van der Waals surface area contributed by atoms with E-state index in [-0.39, 0.29) is 5.92 Å². The number of carboxylic acid groups (broad SMARTS) is 1. The summed E-state index contributed by atoms with van der Waals surface area (Å²) in [6.45, 7) is 6.38. The predicted octanol–water partition coefficient (Wildman–Crippen LogP) is 1.97. The van der Waals surface area contributed by atoms with Crippen LogP contribution < -0.4 is 0 Å². The molecule has 86 valence electrons. The Hall–Kier alpha value is -0.570. The van der Waals surface area contributed by atoms with Gasteiger partial charge in [-0.1, -0.05) is 20.3 Å². The summed E-state index contributed by atoms with van der Waals surface area (Å²) in [5.41, 5.74) is 0.382. The molecule has 0 aromatic heterocycles. The minimum atomic E-state index is -0.617. The van der Waals surface area contributed by atoms with Crippen LogP contribution in [0.1, 0.15) is 39.5 Å². The zero-order chi connectivity index (χ0) is 11.1. The quantitative estimate of drug-likeness (QED) is 0.759. The molecule has 0 aromatic carbocycles. The van der Waals surface area contributed by atoms with Crippen molar-refractivity contribution in [3.8, 4) is 0 Å². The summed E-state index contributed by atoms with van der Waals surface area (Å²) < 4.78 is 0. The minimum Gasteiger partial charge on any atom is -0.481 e. The standard InChI is InChI=1S/C12H21NO2/c1-12(2)6-3-4-10(12)13-7-5-9(8-13)11(14)15/h9-10H,3-8H2,1-2H3,(H,14,15). The molecule has 15 heavy (non-hydrogen) atoms. The van der Waals surface area contributed by atoms with E-state index < -0.39 is 5.97 Å². The molecule has 1 aliphatic heterocycles. The van der Waals surface area contributed by atoms with Crippen molar-refractivity contribution in [3.05, 3.63) is 0 Å². The number of likely N-dealkylation sites (tertiary alicyclic amines) is 1. The molecule has 1 saturated heterocycles. The van der Waals surface area contributed by atoms with Gasteiger partial charge in [-0.25, -0.2) is 0 Å². The van der Waals surface area contributed by atoms with Gasteiger partial charge in [-0.05, 0) is 31.2 Å². The van der Waals surface area contributed by atoms with Gasteiger partial charge in [0.1, 0.15) is 0 Å². The number of hydrogen-bond donors (Lipinski definition) is 1. The molecule has 1 saturated carbocycles. The van der Waals surface area contributed by atoms with Crippen molar-refractivity contribution in [2.45, 2.75) is 45.6 Å². The lowest BCUT2D eigenvalue weighted by atomic mass is 9.86. The molecule has 1 aliphatic carbocycles. The first kappa shape index (κ1) is 10.9.